The second kappa shape index (κ2) is 7.38. The quantitative estimate of drug-likeness (QED) is 0.656. The Labute approximate surface area is 166 Å². The molecule has 0 saturated carbocycles. The third-order valence-corrected chi connectivity index (χ3v) is 4.62. The average Bonchev–Trinajstić information content (AvgIpc) is 3.31. The van der Waals surface area contributed by atoms with Crippen molar-refractivity contribution in [1.29, 1.82) is 0 Å². The van der Waals surface area contributed by atoms with E-state index in [9.17, 15) is 9.59 Å². The van der Waals surface area contributed by atoms with Gasteiger partial charge in [0, 0.05) is 22.7 Å². The Morgan fingerprint density at radius 1 is 1.10 bits per heavy atom. The lowest BCUT2D eigenvalue weighted by atomic mass is 10.1. The van der Waals surface area contributed by atoms with Crippen LogP contribution < -0.4 is 19.5 Å². The number of carbonyl (C=O) groups excluding carboxylic acids is 2. The van der Waals surface area contributed by atoms with Gasteiger partial charge in [0.25, 0.3) is 5.91 Å². The van der Waals surface area contributed by atoms with Crippen molar-refractivity contribution < 1.29 is 33.0 Å². The van der Waals surface area contributed by atoms with Gasteiger partial charge in [-0.05, 0) is 44.2 Å². The first kappa shape index (κ1) is 18.7. The summed E-state index contributed by atoms with van der Waals surface area (Å²) < 4.78 is 26.6. The van der Waals surface area contributed by atoms with Crippen LogP contribution in [0, 0.1) is 6.92 Å². The van der Waals surface area contributed by atoms with E-state index in [0.29, 0.717) is 34.1 Å². The molecule has 3 aromatic rings. The van der Waals surface area contributed by atoms with E-state index in [1.54, 1.807) is 50.4 Å². The number of benzene rings is 2. The van der Waals surface area contributed by atoms with Gasteiger partial charge in [-0.25, -0.2) is 4.79 Å². The number of rotatable bonds is 5. The van der Waals surface area contributed by atoms with Gasteiger partial charge in [0.05, 0.1) is 7.11 Å². The minimum Gasteiger partial charge on any atom is -0.497 e. The van der Waals surface area contributed by atoms with Crippen molar-refractivity contribution in [2.45, 2.75) is 20.0 Å². The van der Waals surface area contributed by atoms with Crippen LogP contribution in [0.2, 0.25) is 0 Å². The number of esters is 1. The van der Waals surface area contributed by atoms with Gasteiger partial charge in [0.1, 0.15) is 11.3 Å². The number of nitrogens with one attached hydrogen (secondary N) is 1. The second-order valence-electron chi connectivity index (χ2n) is 6.52. The summed E-state index contributed by atoms with van der Waals surface area (Å²) in [7, 11) is 1.56. The highest BCUT2D eigenvalue weighted by atomic mass is 16.7. The van der Waals surface area contributed by atoms with Gasteiger partial charge >= 0.3 is 5.97 Å². The van der Waals surface area contributed by atoms with Crippen LogP contribution in [0.5, 0.6) is 17.2 Å². The van der Waals surface area contributed by atoms with Crippen LogP contribution >= 0.6 is 0 Å². The lowest BCUT2D eigenvalue weighted by Gasteiger charge is -2.13. The zero-order chi connectivity index (χ0) is 20.5. The van der Waals surface area contributed by atoms with Crippen LogP contribution in [0.3, 0.4) is 0 Å². The third-order valence-electron chi connectivity index (χ3n) is 4.62. The highest BCUT2D eigenvalue weighted by Gasteiger charge is 2.25. The van der Waals surface area contributed by atoms with Crippen molar-refractivity contribution in [2.75, 3.05) is 19.2 Å². The first-order valence-electron chi connectivity index (χ1n) is 8.95. The van der Waals surface area contributed by atoms with Crippen LogP contribution in [-0.4, -0.2) is 31.9 Å². The fourth-order valence-corrected chi connectivity index (χ4v) is 3.01. The lowest BCUT2D eigenvalue weighted by Crippen LogP contribution is -2.30. The van der Waals surface area contributed by atoms with E-state index in [2.05, 4.69) is 5.32 Å². The van der Waals surface area contributed by atoms with Crippen molar-refractivity contribution in [2.24, 2.45) is 0 Å². The molecular formula is C21H19NO7. The van der Waals surface area contributed by atoms with Crippen LogP contribution in [0.15, 0.2) is 40.8 Å². The Morgan fingerprint density at radius 2 is 1.90 bits per heavy atom. The van der Waals surface area contributed by atoms with Crippen molar-refractivity contribution in [3.05, 3.63) is 47.7 Å². The summed E-state index contributed by atoms with van der Waals surface area (Å²) in [5.41, 5.74) is 1.66. The fraction of sp³-hybridized carbons (Fsp3) is 0.238. The third kappa shape index (κ3) is 3.56. The molecule has 29 heavy (non-hydrogen) atoms. The second-order valence-corrected chi connectivity index (χ2v) is 6.52. The van der Waals surface area contributed by atoms with Crippen LogP contribution in [-0.2, 0) is 9.53 Å². The molecule has 1 aliphatic heterocycles. The summed E-state index contributed by atoms with van der Waals surface area (Å²) in [4.78, 5) is 25.0. The molecule has 8 heteroatoms. The van der Waals surface area contributed by atoms with Gasteiger partial charge in [-0.3, -0.25) is 4.79 Å². The average molecular weight is 397 g/mol. The Balaban J connectivity index is 1.45. The number of methoxy groups -OCH3 is 1. The Hall–Kier alpha value is -3.68. The van der Waals surface area contributed by atoms with E-state index in [1.165, 1.54) is 6.92 Å². The molecule has 0 unspecified atom stereocenters. The molecule has 2 heterocycles. The van der Waals surface area contributed by atoms with Gasteiger partial charge in [-0.1, -0.05) is 0 Å². The number of hydrogen-bond donors (Lipinski definition) is 1. The minimum atomic E-state index is -1.03. The summed E-state index contributed by atoms with van der Waals surface area (Å²) in [6.07, 6.45) is -1.03. The predicted octanol–water partition coefficient (Wildman–Crippen LogP) is 3.66. The fourth-order valence-electron chi connectivity index (χ4n) is 3.01. The van der Waals surface area contributed by atoms with Crippen molar-refractivity contribution >= 4 is 28.5 Å². The van der Waals surface area contributed by atoms with E-state index in [4.69, 9.17) is 23.4 Å². The molecule has 0 bridgehead atoms. The SMILES string of the molecule is COc1ccc2oc(C(=O)O[C@H](C)C(=O)Nc3ccc4c(c3)OCO4)c(C)c2c1. The van der Waals surface area contributed by atoms with Crippen LogP contribution in [0.1, 0.15) is 23.0 Å². The molecule has 2 aromatic carbocycles. The van der Waals surface area contributed by atoms with Gasteiger partial charge in [0.15, 0.2) is 17.6 Å². The molecule has 0 fully saturated rings. The molecule has 0 radical (unpaired) electrons. The van der Waals surface area contributed by atoms with Gasteiger partial charge in [-0.15, -0.1) is 0 Å². The van der Waals surface area contributed by atoms with Crippen molar-refractivity contribution in [3.8, 4) is 17.2 Å². The molecule has 1 amide bonds. The number of carbonyl (C=O) groups is 2. The molecule has 0 saturated heterocycles. The maximum atomic E-state index is 12.5. The van der Waals surface area contributed by atoms with Gasteiger partial charge < -0.3 is 28.7 Å². The zero-order valence-corrected chi connectivity index (χ0v) is 16.1. The summed E-state index contributed by atoms with van der Waals surface area (Å²) in [6.45, 7) is 3.38. The monoisotopic (exact) mass is 397 g/mol. The molecule has 0 spiro atoms. The number of anilines is 1. The molecule has 1 N–H and O–H groups in total. The first-order valence-corrected chi connectivity index (χ1v) is 8.95. The number of aryl methyl sites for hydroxylation is 1. The number of hydrogen-bond acceptors (Lipinski definition) is 7. The van der Waals surface area contributed by atoms with Gasteiger partial charge in [-0.2, -0.15) is 0 Å². The van der Waals surface area contributed by atoms with E-state index in [-0.39, 0.29) is 12.6 Å². The Bertz CT molecular complexity index is 1100. The van der Waals surface area contributed by atoms with E-state index in [0.717, 1.165) is 5.39 Å². The first-order chi connectivity index (χ1) is 14.0. The zero-order valence-electron chi connectivity index (χ0n) is 16.1. The maximum absolute atomic E-state index is 12.5. The maximum Gasteiger partial charge on any atom is 0.375 e. The molecule has 1 atom stereocenters. The summed E-state index contributed by atoms with van der Waals surface area (Å²) in [6, 6.07) is 10.2. The van der Waals surface area contributed by atoms with Crippen LogP contribution in [0.25, 0.3) is 11.0 Å². The number of furan rings is 1. The van der Waals surface area contributed by atoms with Crippen LogP contribution in [0.4, 0.5) is 5.69 Å². The summed E-state index contributed by atoms with van der Waals surface area (Å²) in [5.74, 6) is 0.660. The predicted molar refractivity (Wildman–Crippen MR) is 104 cm³/mol. The number of fused-ring (bicyclic) bond motifs is 2. The van der Waals surface area contributed by atoms with E-state index in [1.807, 2.05) is 0 Å². The standard InChI is InChI=1S/C21H19NO7/c1-11-15-9-14(25-3)5-7-16(15)29-19(11)21(24)28-12(2)20(23)22-13-4-6-17-18(8-13)27-10-26-17/h4-9,12H,10H2,1-3H3,(H,22,23)/t12-/m1/s1. The molecule has 8 nitrogen and oxygen atoms in total. The van der Waals surface area contributed by atoms with Gasteiger partial charge in [0.2, 0.25) is 12.6 Å². The molecule has 150 valence electrons. The summed E-state index contributed by atoms with van der Waals surface area (Å²) >= 11 is 0. The van der Waals surface area contributed by atoms with Crippen molar-refractivity contribution in [1.82, 2.24) is 0 Å². The summed E-state index contributed by atoms with van der Waals surface area (Å²) in [5, 5.41) is 3.43. The molecular weight excluding hydrogens is 378 g/mol. The normalized spacial score (nSPS) is 13.2. The molecule has 0 aliphatic carbocycles. The lowest BCUT2D eigenvalue weighted by molar-refractivity contribution is -0.123. The minimum absolute atomic E-state index is 0.0518. The highest BCUT2D eigenvalue weighted by molar-refractivity contribution is 5.99. The Kier molecular flexibility index (Phi) is 4.75. The molecule has 1 aliphatic rings. The number of amides is 1. The molecule has 4 rings (SSSR count). The van der Waals surface area contributed by atoms with Crippen molar-refractivity contribution in [3.63, 3.8) is 0 Å². The smallest absolute Gasteiger partial charge is 0.375 e. The largest absolute Gasteiger partial charge is 0.497 e. The van der Waals surface area contributed by atoms with E-state index >= 15 is 0 Å². The topological polar surface area (TPSA) is 96.2 Å². The van der Waals surface area contributed by atoms with E-state index < -0.39 is 18.0 Å². The Morgan fingerprint density at radius 3 is 2.69 bits per heavy atom. The highest BCUT2D eigenvalue weighted by Crippen LogP contribution is 2.34. The molecule has 1 aromatic heterocycles. The number of ether oxygens (including phenoxy) is 4.